The average molecular weight is 329 g/mol. The lowest BCUT2D eigenvalue weighted by atomic mass is 9.92. The minimum absolute atomic E-state index is 0.148. The van der Waals surface area contributed by atoms with Crippen molar-refractivity contribution in [3.05, 3.63) is 35.9 Å². The number of likely N-dealkylation sites (tertiary alicyclic amines) is 2. The van der Waals surface area contributed by atoms with Gasteiger partial charge in [-0.1, -0.05) is 44.2 Å². The minimum atomic E-state index is 0.148. The number of hydrogen-bond acceptors (Lipinski definition) is 2. The predicted molar refractivity (Wildman–Crippen MR) is 97.8 cm³/mol. The molecule has 1 aromatic rings. The van der Waals surface area contributed by atoms with Gasteiger partial charge in [-0.05, 0) is 36.7 Å². The quantitative estimate of drug-likeness (QED) is 0.923. The lowest BCUT2D eigenvalue weighted by Crippen LogP contribution is -2.52. The summed E-state index contributed by atoms with van der Waals surface area (Å²) < 4.78 is 0. The molecule has 24 heavy (non-hydrogen) atoms. The van der Waals surface area contributed by atoms with Crippen molar-refractivity contribution in [2.24, 2.45) is 11.8 Å². The molecule has 2 aliphatic heterocycles. The van der Waals surface area contributed by atoms with Gasteiger partial charge >= 0.3 is 6.03 Å². The van der Waals surface area contributed by atoms with Gasteiger partial charge in [0.25, 0.3) is 0 Å². The van der Waals surface area contributed by atoms with Gasteiger partial charge in [-0.3, -0.25) is 4.90 Å². The minimum Gasteiger partial charge on any atom is -0.335 e. The fourth-order valence-corrected chi connectivity index (χ4v) is 4.17. The maximum atomic E-state index is 12.5. The molecule has 0 unspecified atom stereocenters. The summed E-state index contributed by atoms with van der Waals surface area (Å²) in [6.45, 7) is 9.45. The number of hydrogen-bond donors (Lipinski definition) is 1. The van der Waals surface area contributed by atoms with Crippen molar-refractivity contribution >= 4 is 6.03 Å². The van der Waals surface area contributed by atoms with Crippen molar-refractivity contribution in [2.75, 3.05) is 26.2 Å². The number of carbonyl (C=O) groups is 1. The van der Waals surface area contributed by atoms with Crippen molar-refractivity contribution in [1.82, 2.24) is 15.1 Å². The third-order valence-electron chi connectivity index (χ3n) is 5.32. The van der Waals surface area contributed by atoms with Crippen LogP contribution < -0.4 is 5.32 Å². The van der Waals surface area contributed by atoms with Crippen molar-refractivity contribution in [1.29, 1.82) is 0 Å². The molecule has 2 atom stereocenters. The molecule has 4 nitrogen and oxygen atoms in total. The first-order chi connectivity index (χ1) is 11.6. The number of piperidine rings is 2. The maximum Gasteiger partial charge on any atom is 0.317 e. The van der Waals surface area contributed by atoms with Crippen LogP contribution in [0, 0.1) is 11.8 Å². The highest BCUT2D eigenvalue weighted by molar-refractivity contribution is 5.74. The summed E-state index contributed by atoms with van der Waals surface area (Å²) in [5, 5.41) is 3.27. The molecule has 0 aliphatic carbocycles. The van der Waals surface area contributed by atoms with E-state index in [9.17, 15) is 4.79 Å². The molecule has 0 aromatic heterocycles. The van der Waals surface area contributed by atoms with E-state index in [2.05, 4.69) is 54.4 Å². The Kier molecular flexibility index (Phi) is 5.77. The summed E-state index contributed by atoms with van der Waals surface area (Å²) in [5.41, 5.74) is 1.37. The Morgan fingerprint density at radius 1 is 1.08 bits per heavy atom. The Morgan fingerprint density at radius 2 is 1.71 bits per heavy atom. The van der Waals surface area contributed by atoms with Gasteiger partial charge in [-0.25, -0.2) is 4.79 Å². The molecular weight excluding hydrogens is 298 g/mol. The van der Waals surface area contributed by atoms with Crippen LogP contribution in [0.15, 0.2) is 30.3 Å². The SMILES string of the molecule is C[C@@H]1C[C@@H](C)CN(C(=O)NC2CCN(Cc3ccccc3)CC2)C1. The summed E-state index contributed by atoms with van der Waals surface area (Å²) >= 11 is 0. The highest BCUT2D eigenvalue weighted by Crippen LogP contribution is 2.21. The summed E-state index contributed by atoms with van der Waals surface area (Å²) in [6.07, 6.45) is 3.34. The van der Waals surface area contributed by atoms with Crippen LogP contribution in [0.4, 0.5) is 4.79 Å². The number of nitrogens with one attached hydrogen (secondary N) is 1. The average Bonchev–Trinajstić information content (AvgIpc) is 2.57. The largest absolute Gasteiger partial charge is 0.335 e. The number of nitrogens with zero attached hydrogens (tertiary/aromatic N) is 2. The predicted octanol–water partition coefficient (Wildman–Crippen LogP) is 3.34. The monoisotopic (exact) mass is 329 g/mol. The van der Waals surface area contributed by atoms with E-state index >= 15 is 0 Å². The van der Waals surface area contributed by atoms with Gasteiger partial charge < -0.3 is 10.2 Å². The van der Waals surface area contributed by atoms with E-state index < -0.39 is 0 Å². The van der Waals surface area contributed by atoms with Gasteiger partial charge in [0.15, 0.2) is 0 Å². The molecule has 132 valence electrons. The van der Waals surface area contributed by atoms with Gasteiger partial charge in [-0.15, -0.1) is 0 Å². The highest BCUT2D eigenvalue weighted by atomic mass is 16.2. The van der Waals surface area contributed by atoms with Gasteiger partial charge in [0, 0.05) is 38.8 Å². The Morgan fingerprint density at radius 3 is 2.33 bits per heavy atom. The van der Waals surface area contributed by atoms with E-state index in [1.54, 1.807) is 0 Å². The van der Waals surface area contributed by atoms with E-state index in [0.717, 1.165) is 45.6 Å². The van der Waals surface area contributed by atoms with Crippen LogP contribution in [-0.4, -0.2) is 48.1 Å². The third-order valence-corrected chi connectivity index (χ3v) is 5.32. The molecule has 2 aliphatic rings. The van der Waals surface area contributed by atoms with Crippen LogP contribution >= 0.6 is 0 Å². The van der Waals surface area contributed by atoms with E-state index in [1.807, 2.05) is 4.90 Å². The zero-order valence-corrected chi connectivity index (χ0v) is 15.1. The smallest absolute Gasteiger partial charge is 0.317 e. The lowest BCUT2D eigenvalue weighted by Gasteiger charge is -2.37. The number of carbonyl (C=O) groups excluding carboxylic acids is 1. The Hall–Kier alpha value is -1.55. The van der Waals surface area contributed by atoms with E-state index in [-0.39, 0.29) is 6.03 Å². The van der Waals surface area contributed by atoms with Crippen LogP contribution in [0.25, 0.3) is 0 Å². The molecule has 2 heterocycles. The summed E-state index contributed by atoms with van der Waals surface area (Å²) in [7, 11) is 0. The molecule has 2 amide bonds. The summed E-state index contributed by atoms with van der Waals surface area (Å²) in [5.74, 6) is 1.24. The molecule has 0 bridgehead atoms. The maximum absolute atomic E-state index is 12.5. The summed E-state index contributed by atoms with van der Waals surface area (Å²) in [4.78, 5) is 17.0. The molecular formula is C20H31N3O. The first-order valence-electron chi connectivity index (χ1n) is 9.42. The third kappa shape index (κ3) is 4.73. The Bertz CT molecular complexity index is 515. The summed E-state index contributed by atoms with van der Waals surface area (Å²) in [6, 6.07) is 11.1. The Balaban J connectivity index is 1.42. The molecule has 1 N–H and O–H groups in total. The van der Waals surface area contributed by atoms with Crippen LogP contribution in [0.2, 0.25) is 0 Å². The standard InChI is InChI=1S/C20H31N3O/c1-16-12-17(2)14-23(13-16)20(24)21-19-8-10-22(11-9-19)15-18-6-4-3-5-7-18/h3-7,16-17,19H,8-15H2,1-2H3,(H,21,24)/t16-,17-/m1/s1. The van der Waals surface area contributed by atoms with Crippen LogP contribution in [0.1, 0.15) is 38.7 Å². The molecule has 0 spiro atoms. The highest BCUT2D eigenvalue weighted by Gasteiger charge is 2.27. The lowest BCUT2D eigenvalue weighted by molar-refractivity contribution is 0.135. The number of benzene rings is 1. The molecule has 3 rings (SSSR count). The Labute approximate surface area is 146 Å². The normalized spacial score (nSPS) is 26.3. The van der Waals surface area contributed by atoms with Gasteiger partial charge in [-0.2, -0.15) is 0 Å². The van der Waals surface area contributed by atoms with E-state index in [1.165, 1.54) is 12.0 Å². The van der Waals surface area contributed by atoms with Crippen LogP contribution in [0.5, 0.6) is 0 Å². The second-order valence-corrected chi connectivity index (χ2v) is 7.84. The molecule has 2 saturated heterocycles. The topological polar surface area (TPSA) is 35.6 Å². The van der Waals surface area contributed by atoms with Crippen LogP contribution in [-0.2, 0) is 6.54 Å². The van der Waals surface area contributed by atoms with Crippen molar-refractivity contribution in [3.63, 3.8) is 0 Å². The van der Waals surface area contributed by atoms with Crippen molar-refractivity contribution < 1.29 is 4.79 Å². The van der Waals surface area contributed by atoms with Crippen molar-refractivity contribution in [2.45, 2.75) is 45.7 Å². The number of amides is 2. The van der Waals surface area contributed by atoms with Gasteiger partial charge in [0.2, 0.25) is 0 Å². The van der Waals surface area contributed by atoms with E-state index in [0.29, 0.717) is 17.9 Å². The zero-order chi connectivity index (χ0) is 16.9. The van der Waals surface area contributed by atoms with Crippen LogP contribution in [0.3, 0.4) is 0 Å². The fourth-order valence-electron chi connectivity index (χ4n) is 4.17. The second-order valence-electron chi connectivity index (χ2n) is 7.84. The number of urea groups is 1. The first kappa shape index (κ1) is 17.3. The molecule has 4 heteroatoms. The van der Waals surface area contributed by atoms with Gasteiger partial charge in [0.05, 0.1) is 0 Å². The zero-order valence-electron chi connectivity index (χ0n) is 15.1. The molecule has 0 radical (unpaired) electrons. The number of rotatable bonds is 3. The molecule has 0 saturated carbocycles. The van der Waals surface area contributed by atoms with Crippen molar-refractivity contribution in [3.8, 4) is 0 Å². The molecule has 2 fully saturated rings. The molecule has 1 aromatic carbocycles. The fraction of sp³-hybridized carbons (Fsp3) is 0.650. The first-order valence-corrected chi connectivity index (χ1v) is 9.42. The van der Waals surface area contributed by atoms with E-state index in [4.69, 9.17) is 0 Å². The second kappa shape index (κ2) is 8.02. The van der Waals surface area contributed by atoms with Gasteiger partial charge in [0.1, 0.15) is 0 Å².